The molecule has 0 spiro atoms. The summed E-state index contributed by atoms with van der Waals surface area (Å²) >= 11 is 0. The van der Waals surface area contributed by atoms with Gasteiger partial charge < -0.3 is 8.98 Å². The molecule has 0 amide bonds. The molecule has 0 saturated heterocycles. The lowest BCUT2D eigenvalue weighted by molar-refractivity contribution is 0.668. The highest BCUT2D eigenvalue weighted by Gasteiger charge is 2.20. The van der Waals surface area contributed by atoms with Crippen molar-refractivity contribution >= 4 is 110 Å². The van der Waals surface area contributed by atoms with E-state index in [2.05, 4.69) is 159 Å². The Morgan fingerprint density at radius 1 is 0.382 bits per heavy atom. The molecule has 0 atom stereocenters. The molecule has 0 aliphatic carbocycles. The number of para-hydroxylation sites is 1. The second-order valence-corrected chi connectivity index (χ2v) is 14.6. The standard InChI is InChI=1S/C45H33B5N4O/c46-38-37(39(47)41(49)42(50)40(38)48)45-52-43(25-11-5-2-6-12-25)51-44(53-45)27-16-20-35-32(21-27)31-19-17-28(23-36(31)55-35)54-33-14-8-7-13-29(33)30-18-15-26(22-34(30)54)24-9-3-1-4-10-24/h1-23H,46-50H2. The van der Waals surface area contributed by atoms with Crippen molar-refractivity contribution in [3.05, 3.63) is 140 Å². The summed E-state index contributed by atoms with van der Waals surface area (Å²) in [6.07, 6.45) is 0. The van der Waals surface area contributed by atoms with Crippen molar-refractivity contribution in [2.75, 3.05) is 0 Å². The Kier molecular flexibility index (Phi) is 7.70. The molecule has 7 aromatic carbocycles. The third-order valence-electron chi connectivity index (χ3n) is 11.6. The summed E-state index contributed by atoms with van der Waals surface area (Å²) in [7, 11) is 10.9. The van der Waals surface area contributed by atoms with E-state index < -0.39 is 0 Å². The zero-order chi connectivity index (χ0) is 37.4. The van der Waals surface area contributed by atoms with Gasteiger partial charge in [-0.2, -0.15) is 0 Å². The molecular weight excluding hydrogens is 667 g/mol. The Morgan fingerprint density at radius 3 is 1.71 bits per heavy atom. The molecule has 0 aliphatic rings. The van der Waals surface area contributed by atoms with Crippen molar-refractivity contribution in [2.45, 2.75) is 0 Å². The van der Waals surface area contributed by atoms with Crippen LogP contribution in [0, 0.1) is 0 Å². The van der Waals surface area contributed by atoms with Gasteiger partial charge in [-0.1, -0.05) is 102 Å². The molecule has 0 bridgehead atoms. The lowest BCUT2D eigenvalue weighted by Gasteiger charge is -2.20. The number of fused-ring (bicyclic) bond motifs is 6. The molecule has 0 N–H and O–H groups in total. The van der Waals surface area contributed by atoms with E-state index >= 15 is 0 Å². The van der Waals surface area contributed by atoms with Gasteiger partial charge in [0.15, 0.2) is 17.5 Å². The van der Waals surface area contributed by atoms with Crippen LogP contribution in [0.25, 0.3) is 94.7 Å². The van der Waals surface area contributed by atoms with Crippen molar-refractivity contribution in [3.8, 4) is 51.0 Å². The molecule has 10 heteroatoms. The molecular formula is C45H33B5N4O. The molecule has 0 saturated carbocycles. The second kappa shape index (κ2) is 12.8. The lowest BCUT2D eigenvalue weighted by atomic mass is 9.60. The summed E-state index contributed by atoms with van der Waals surface area (Å²) in [4.78, 5) is 15.3. The zero-order valence-electron chi connectivity index (χ0n) is 31.5. The van der Waals surface area contributed by atoms with Crippen LogP contribution >= 0.6 is 0 Å². The van der Waals surface area contributed by atoms with Crippen LogP contribution < -0.4 is 27.3 Å². The minimum Gasteiger partial charge on any atom is -0.456 e. The van der Waals surface area contributed by atoms with Gasteiger partial charge in [0, 0.05) is 50.0 Å². The van der Waals surface area contributed by atoms with Crippen molar-refractivity contribution in [2.24, 2.45) is 0 Å². The molecule has 0 aliphatic heterocycles. The third kappa shape index (κ3) is 5.35. The van der Waals surface area contributed by atoms with E-state index in [1.54, 1.807) is 0 Å². The third-order valence-corrected chi connectivity index (χ3v) is 11.6. The summed E-state index contributed by atoms with van der Waals surface area (Å²) in [5.74, 6) is 1.97. The SMILES string of the molecule is Bc1c(B)c(B)c(-c2nc(-c3ccccc3)nc(-c3ccc4oc5cc(-n6c7ccccc7c7ccc(-c8ccccc8)cc76)ccc5c4c3)n2)c(B)c1B. The number of nitrogens with zero attached hydrogens (tertiary/aromatic N) is 4. The van der Waals surface area contributed by atoms with E-state index in [1.807, 2.05) is 24.3 Å². The van der Waals surface area contributed by atoms with E-state index in [4.69, 9.17) is 19.4 Å². The quantitative estimate of drug-likeness (QED) is 0.260. The Labute approximate surface area is 323 Å². The van der Waals surface area contributed by atoms with Gasteiger partial charge >= 0.3 is 0 Å². The smallest absolute Gasteiger partial charge is 0.164 e. The minimum absolute atomic E-state index is 0.630. The van der Waals surface area contributed by atoms with Gasteiger partial charge in [-0.25, -0.2) is 15.0 Å². The maximum Gasteiger partial charge on any atom is 0.164 e. The molecule has 10 aromatic rings. The number of furan rings is 1. The maximum atomic E-state index is 6.59. The Hall–Kier alpha value is -6.53. The highest BCUT2D eigenvalue weighted by molar-refractivity contribution is 6.68. The lowest BCUT2D eigenvalue weighted by Crippen LogP contribution is -2.55. The first-order valence-electron chi connectivity index (χ1n) is 18.8. The van der Waals surface area contributed by atoms with Crippen molar-refractivity contribution < 1.29 is 4.42 Å². The highest BCUT2D eigenvalue weighted by atomic mass is 16.3. The first kappa shape index (κ1) is 33.1. The molecule has 3 heterocycles. The van der Waals surface area contributed by atoms with Gasteiger partial charge in [0.2, 0.25) is 0 Å². The van der Waals surface area contributed by atoms with Gasteiger partial charge in [-0.15, -0.1) is 16.4 Å². The molecule has 0 fully saturated rings. The summed E-state index contributed by atoms with van der Waals surface area (Å²) < 4.78 is 8.94. The fraction of sp³-hybridized carbons (Fsp3) is 0. The zero-order valence-corrected chi connectivity index (χ0v) is 31.5. The van der Waals surface area contributed by atoms with Crippen LogP contribution in [-0.2, 0) is 0 Å². The van der Waals surface area contributed by atoms with Crippen molar-refractivity contribution in [1.82, 2.24) is 19.5 Å². The minimum atomic E-state index is 0.630. The van der Waals surface area contributed by atoms with Crippen LogP contribution in [-0.4, -0.2) is 58.8 Å². The van der Waals surface area contributed by atoms with Crippen LogP contribution in [0.1, 0.15) is 0 Å². The Balaban J connectivity index is 1.13. The summed E-state index contributed by atoms with van der Waals surface area (Å²) in [6.45, 7) is 0. The molecule has 10 rings (SSSR count). The molecule has 3 aromatic heterocycles. The topological polar surface area (TPSA) is 56.7 Å². The van der Waals surface area contributed by atoms with Crippen LogP contribution in [0.15, 0.2) is 144 Å². The number of hydrogen-bond donors (Lipinski definition) is 0. The molecule has 5 nitrogen and oxygen atoms in total. The van der Waals surface area contributed by atoms with Crippen LogP contribution in [0.5, 0.6) is 0 Å². The van der Waals surface area contributed by atoms with Gasteiger partial charge in [0.25, 0.3) is 0 Å². The normalized spacial score (nSPS) is 11.6. The Morgan fingerprint density at radius 2 is 0.964 bits per heavy atom. The number of aromatic nitrogens is 4. The molecule has 0 radical (unpaired) electrons. The van der Waals surface area contributed by atoms with Crippen LogP contribution in [0.3, 0.4) is 0 Å². The number of hydrogen-bond acceptors (Lipinski definition) is 4. The average molecular weight is 700 g/mol. The monoisotopic (exact) mass is 700 g/mol. The summed E-state index contributed by atoms with van der Waals surface area (Å²) in [5.41, 5.74) is 16.6. The predicted molar refractivity (Wildman–Crippen MR) is 244 cm³/mol. The van der Waals surface area contributed by atoms with Gasteiger partial charge in [-0.3, -0.25) is 0 Å². The van der Waals surface area contributed by atoms with E-state index in [0.29, 0.717) is 17.5 Å². The highest BCUT2D eigenvalue weighted by Crippen LogP contribution is 2.38. The van der Waals surface area contributed by atoms with Crippen LogP contribution in [0.2, 0.25) is 0 Å². The molecule has 55 heavy (non-hydrogen) atoms. The number of rotatable bonds is 5. The van der Waals surface area contributed by atoms with Crippen molar-refractivity contribution in [1.29, 1.82) is 0 Å². The van der Waals surface area contributed by atoms with Gasteiger partial charge in [0.1, 0.15) is 50.4 Å². The van der Waals surface area contributed by atoms with E-state index in [1.165, 1.54) is 49.2 Å². The fourth-order valence-corrected chi connectivity index (χ4v) is 8.27. The van der Waals surface area contributed by atoms with Gasteiger partial charge in [0.05, 0.1) is 11.0 Å². The Bertz CT molecular complexity index is 3130. The molecule has 0 unspecified atom stereocenters. The van der Waals surface area contributed by atoms with E-state index in [-0.39, 0.29) is 0 Å². The van der Waals surface area contributed by atoms with E-state index in [0.717, 1.165) is 55.3 Å². The van der Waals surface area contributed by atoms with E-state index in [9.17, 15) is 0 Å². The van der Waals surface area contributed by atoms with Crippen molar-refractivity contribution in [3.63, 3.8) is 0 Å². The molecule has 254 valence electrons. The fourth-order valence-electron chi connectivity index (χ4n) is 8.27. The second-order valence-electron chi connectivity index (χ2n) is 14.6. The first-order valence-corrected chi connectivity index (χ1v) is 18.8. The number of benzene rings is 7. The predicted octanol–water partition coefficient (Wildman–Crippen LogP) is 2.83. The average Bonchev–Trinajstić information content (AvgIpc) is 3.77. The van der Waals surface area contributed by atoms with Gasteiger partial charge in [-0.05, 0) is 53.6 Å². The maximum absolute atomic E-state index is 6.59. The largest absolute Gasteiger partial charge is 0.456 e. The summed E-state index contributed by atoms with van der Waals surface area (Å²) in [6, 6.07) is 48.9. The summed E-state index contributed by atoms with van der Waals surface area (Å²) in [5, 5.41) is 4.50. The van der Waals surface area contributed by atoms with Crippen LogP contribution in [0.4, 0.5) is 0 Å². The first-order chi connectivity index (χ1) is 26.8.